The third kappa shape index (κ3) is 5.34. The number of aliphatic imine (C=N–C) groups is 1. The Morgan fingerprint density at radius 3 is 2.63 bits per heavy atom. The van der Waals surface area contributed by atoms with E-state index in [0.717, 1.165) is 80.7 Å². The van der Waals surface area contributed by atoms with Gasteiger partial charge in [0.05, 0.1) is 18.6 Å². The largest absolute Gasteiger partial charge is 0.363 e. The highest BCUT2D eigenvalue weighted by atomic mass is 35.5. The molecule has 52 heavy (non-hydrogen) atoms. The lowest BCUT2D eigenvalue weighted by Crippen LogP contribution is -2.39. The number of carbonyl (C=O) groups is 2. The summed E-state index contributed by atoms with van der Waals surface area (Å²) in [5, 5.41) is 25.7. The fourth-order valence-corrected chi connectivity index (χ4v) is 9.66. The zero-order valence-corrected chi connectivity index (χ0v) is 30.7. The number of nitrogens with zero attached hydrogens (tertiary/aromatic N) is 7. The molecule has 1 unspecified atom stereocenters. The van der Waals surface area contributed by atoms with Crippen molar-refractivity contribution in [1.82, 2.24) is 24.6 Å². The molecule has 264 valence electrons. The number of halogens is 1. The van der Waals surface area contributed by atoms with Gasteiger partial charge < -0.3 is 20.2 Å². The van der Waals surface area contributed by atoms with E-state index in [1.165, 1.54) is 0 Å². The molecular weight excluding hydrogens is 696 g/mol. The molecule has 11 nitrogen and oxygen atoms in total. The number of benzene rings is 2. The van der Waals surface area contributed by atoms with Crippen LogP contribution in [-0.4, -0.2) is 73.5 Å². The summed E-state index contributed by atoms with van der Waals surface area (Å²) in [5.74, 6) is 1.59. The lowest BCUT2D eigenvalue weighted by Gasteiger charge is -2.28. The molecule has 2 aromatic carbocycles. The van der Waals surface area contributed by atoms with Gasteiger partial charge >= 0.3 is 0 Å². The predicted molar refractivity (Wildman–Crippen MR) is 202 cm³/mol. The fraction of sp³-hybridized carbons (Fsp3) is 0.333. The molecule has 2 fully saturated rings. The summed E-state index contributed by atoms with van der Waals surface area (Å²) in [7, 11) is 0. The minimum atomic E-state index is -1.96. The Balaban J connectivity index is 0.991. The summed E-state index contributed by atoms with van der Waals surface area (Å²) in [6.07, 6.45) is 3.71. The Bertz CT molecular complexity index is 2330. The second-order valence-corrected chi connectivity index (χ2v) is 16.2. The van der Waals surface area contributed by atoms with Crippen molar-refractivity contribution >= 4 is 52.0 Å². The highest BCUT2D eigenvalue weighted by Gasteiger charge is 2.48. The number of likely N-dealkylation sites (tertiary alicyclic amines) is 1. The number of fused-ring (bicyclic) bond motifs is 4. The van der Waals surface area contributed by atoms with Crippen LogP contribution >= 0.6 is 22.9 Å². The molecule has 3 aromatic heterocycles. The molecule has 2 atom stereocenters. The lowest BCUT2D eigenvalue weighted by molar-refractivity contribution is -0.136. The number of thiophene rings is 1. The van der Waals surface area contributed by atoms with Crippen LogP contribution in [0.25, 0.3) is 16.1 Å². The Hall–Kier alpha value is -4.91. The smallest absolute Gasteiger partial charge is 0.228 e. The number of anilines is 2. The molecule has 4 aliphatic heterocycles. The van der Waals surface area contributed by atoms with Gasteiger partial charge in [-0.25, -0.2) is 9.98 Å². The molecule has 0 saturated carbocycles. The Kier molecular flexibility index (Phi) is 7.65. The summed E-state index contributed by atoms with van der Waals surface area (Å²) in [6.45, 7) is 8.73. The Morgan fingerprint density at radius 1 is 1.02 bits per heavy atom. The van der Waals surface area contributed by atoms with Crippen molar-refractivity contribution in [1.29, 1.82) is 0 Å². The first kappa shape index (κ1) is 33.0. The topological polar surface area (TPSA) is 129 Å². The van der Waals surface area contributed by atoms with Gasteiger partial charge in [-0.3, -0.25) is 14.2 Å². The second kappa shape index (κ2) is 12.1. The number of aromatic nitrogens is 4. The first-order chi connectivity index (χ1) is 25.0. The normalized spacial score (nSPS) is 21.9. The van der Waals surface area contributed by atoms with E-state index < -0.39 is 5.72 Å². The van der Waals surface area contributed by atoms with Crippen molar-refractivity contribution in [2.24, 2.45) is 10.4 Å². The van der Waals surface area contributed by atoms with Crippen molar-refractivity contribution in [3.8, 4) is 16.1 Å². The zero-order chi connectivity index (χ0) is 35.9. The molecule has 0 bridgehead atoms. The van der Waals surface area contributed by atoms with Crippen LogP contribution < -0.4 is 10.2 Å². The van der Waals surface area contributed by atoms with Crippen LogP contribution in [0.5, 0.6) is 0 Å². The van der Waals surface area contributed by atoms with Crippen LogP contribution in [0.1, 0.15) is 58.0 Å². The molecule has 13 heteroatoms. The van der Waals surface area contributed by atoms with E-state index in [1.54, 1.807) is 11.3 Å². The quantitative estimate of drug-likeness (QED) is 0.228. The molecule has 0 aliphatic carbocycles. The number of amides is 2. The molecular formula is C39H37ClN8O3S. The summed E-state index contributed by atoms with van der Waals surface area (Å²) >= 11 is 7.86. The third-order valence-electron chi connectivity index (χ3n) is 11.2. The van der Waals surface area contributed by atoms with E-state index in [9.17, 15) is 14.7 Å². The van der Waals surface area contributed by atoms with Gasteiger partial charge in [0.15, 0.2) is 5.82 Å². The molecule has 5 aromatic rings. The molecule has 7 heterocycles. The summed E-state index contributed by atoms with van der Waals surface area (Å²) in [6, 6.07) is 17.5. The molecule has 2 amide bonds. The lowest BCUT2D eigenvalue weighted by atomic mass is 9.86. The van der Waals surface area contributed by atoms with Crippen molar-refractivity contribution in [3.63, 3.8) is 0 Å². The molecule has 2 saturated heterocycles. The van der Waals surface area contributed by atoms with Crippen molar-refractivity contribution in [2.75, 3.05) is 36.4 Å². The Morgan fingerprint density at radius 2 is 1.81 bits per heavy atom. The van der Waals surface area contributed by atoms with Gasteiger partial charge in [-0.05, 0) is 86.7 Å². The fourth-order valence-electron chi connectivity index (χ4n) is 8.33. The van der Waals surface area contributed by atoms with E-state index in [1.807, 2.05) is 65.1 Å². The first-order valence-corrected chi connectivity index (χ1v) is 18.7. The summed E-state index contributed by atoms with van der Waals surface area (Å²) in [5.41, 5.74) is 5.19. The van der Waals surface area contributed by atoms with E-state index in [-0.39, 0.29) is 29.5 Å². The van der Waals surface area contributed by atoms with Crippen LogP contribution in [0.15, 0.2) is 65.8 Å². The SMILES string of the molecule is Cc1sc2c(c1C)C(c1ccc(Cl)cc1)=N[C@](O)(CC(=O)N1CCC3(CCN(c4ncccc4-c4ccc5c(c4)CC(=O)N5)C3)C1)c1nnc(C)n1-2. The van der Waals surface area contributed by atoms with Crippen molar-refractivity contribution in [2.45, 2.75) is 52.2 Å². The third-order valence-corrected chi connectivity index (χ3v) is 12.6. The van der Waals surface area contributed by atoms with Crippen LogP contribution in [-0.2, 0) is 21.7 Å². The first-order valence-electron chi connectivity index (χ1n) is 17.5. The Labute approximate surface area is 310 Å². The maximum Gasteiger partial charge on any atom is 0.228 e. The van der Waals surface area contributed by atoms with Gasteiger partial charge in [-0.1, -0.05) is 29.8 Å². The van der Waals surface area contributed by atoms with E-state index in [2.05, 4.69) is 46.4 Å². The minimum absolute atomic E-state index is 0.0130. The number of aliphatic hydroxyl groups is 1. The monoisotopic (exact) mass is 732 g/mol. The van der Waals surface area contributed by atoms with Crippen LogP contribution in [0, 0.1) is 26.2 Å². The molecule has 2 N–H and O–H groups in total. The van der Waals surface area contributed by atoms with Gasteiger partial charge in [0, 0.05) is 70.1 Å². The van der Waals surface area contributed by atoms with Crippen LogP contribution in [0.3, 0.4) is 0 Å². The van der Waals surface area contributed by atoms with Gasteiger partial charge in [-0.15, -0.1) is 21.5 Å². The number of rotatable bonds is 5. The highest BCUT2D eigenvalue weighted by molar-refractivity contribution is 7.15. The van der Waals surface area contributed by atoms with Gasteiger partial charge in [-0.2, -0.15) is 0 Å². The maximum atomic E-state index is 14.3. The van der Waals surface area contributed by atoms with E-state index in [4.69, 9.17) is 21.6 Å². The van der Waals surface area contributed by atoms with Crippen LogP contribution in [0.2, 0.25) is 5.02 Å². The minimum Gasteiger partial charge on any atom is -0.363 e. The number of aryl methyl sites for hydroxylation is 2. The number of pyridine rings is 1. The predicted octanol–water partition coefficient (Wildman–Crippen LogP) is 5.98. The number of hydrogen-bond acceptors (Lipinski definition) is 9. The van der Waals surface area contributed by atoms with Gasteiger partial charge in [0.1, 0.15) is 16.6 Å². The summed E-state index contributed by atoms with van der Waals surface area (Å²) in [4.78, 5) is 41.5. The second-order valence-electron chi connectivity index (χ2n) is 14.5. The number of hydrogen-bond donors (Lipinski definition) is 2. The number of carbonyl (C=O) groups excluding carboxylic acids is 2. The molecule has 9 rings (SSSR count). The average Bonchev–Trinajstić information content (AvgIpc) is 3.95. The molecule has 0 radical (unpaired) electrons. The average molecular weight is 733 g/mol. The van der Waals surface area contributed by atoms with E-state index >= 15 is 0 Å². The summed E-state index contributed by atoms with van der Waals surface area (Å²) < 4.78 is 1.86. The van der Waals surface area contributed by atoms with Crippen molar-refractivity contribution in [3.05, 3.63) is 105 Å². The maximum absolute atomic E-state index is 14.3. The number of nitrogens with one attached hydrogen (secondary N) is 1. The van der Waals surface area contributed by atoms with Gasteiger partial charge in [0.25, 0.3) is 0 Å². The zero-order valence-electron chi connectivity index (χ0n) is 29.1. The molecule has 4 aliphatic rings. The van der Waals surface area contributed by atoms with Crippen LogP contribution in [0.4, 0.5) is 11.5 Å². The van der Waals surface area contributed by atoms with Crippen molar-refractivity contribution < 1.29 is 14.7 Å². The van der Waals surface area contributed by atoms with Gasteiger partial charge in [0.2, 0.25) is 17.5 Å². The van der Waals surface area contributed by atoms with E-state index in [0.29, 0.717) is 36.1 Å². The standard InChI is InChI=1S/C39H37ClN8O3S/c1-22-23(2)52-36-33(22)34(25-6-9-28(40)10-7-25)43-39(51,37-45-44-24(3)48(36)37)19-32(50)46-15-12-38(20-46)13-16-47(21-38)35-29(5-4-14-41-35)26-8-11-30-27(17-26)18-31(49)42-30/h4-11,14,17,51H,12-13,15-16,18-21H2,1-3H3,(H,42,49)/t38?,39-/m0/s1. The molecule has 1 spiro atoms. The highest BCUT2D eigenvalue weighted by Crippen LogP contribution is 2.45.